The maximum absolute atomic E-state index is 13.1. The quantitative estimate of drug-likeness (QED) is 0.821. The molecule has 1 aromatic carbocycles. The van der Waals surface area contributed by atoms with Crippen LogP contribution in [-0.2, 0) is 14.3 Å². The van der Waals surface area contributed by atoms with Crippen LogP contribution < -0.4 is 16.1 Å². The van der Waals surface area contributed by atoms with Gasteiger partial charge in [-0.15, -0.1) is 0 Å². The molecule has 7 nitrogen and oxygen atoms in total. The van der Waals surface area contributed by atoms with Crippen molar-refractivity contribution in [3.63, 3.8) is 0 Å². The zero-order valence-electron chi connectivity index (χ0n) is 13.1. The molecule has 3 rings (SSSR count). The average Bonchev–Trinajstić information content (AvgIpc) is 3.23. The minimum atomic E-state index is -0.765. The number of carbonyl (C=O) groups is 2. The van der Waals surface area contributed by atoms with Crippen molar-refractivity contribution >= 4 is 23.2 Å². The smallest absolute Gasteiger partial charge is 0.267 e. The molecule has 2 amide bonds. The molecule has 0 radical (unpaired) electrons. The van der Waals surface area contributed by atoms with Gasteiger partial charge in [0.2, 0.25) is 5.91 Å². The van der Waals surface area contributed by atoms with Crippen LogP contribution in [0.5, 0.6) is 0 Å². The van der Waals surface area contributed by atoms with Crippen molar-refractivity contribution in [3.05, 3.63) is 30.1 Å². The van der Waals surface area contributed by atoms with E-state index in [1.54, 1.807) is 0 Å². The van der Waals surface area contributed by atoms with Gasteiger partial charge >= 0.3 is 0 Å². The third-order valence-corrected chi connectivity index (χ3v) is 4.11. The predicted molar refractivity (Wildman–Crippen MR) is 85.9 cm³/mol. The van der Waals surface area contributed by atoms with Crippen molar-refractivity contribution in [2.45, 2.75) is 31.4 Å². The standard InChI is InChI=1S/C16H19FN4O3/c17-10-3-5-11(6-4-10)21-14(15(18)22)8-13(20-21)16(23)19-9-12-2-1-7-24-12/h3-6,12,14H,1-2,7-9H2,(H2,18,22)(H,19,23)/t12-,14+/m1/s1. The summed E-state index contributed by atoms with van der Waals surface area (Å²) in [5, 5.41) is 8.35. The van der Waals surface area contributed by atoms with Crippen LogP contribution in [-0.4, -0.2) is 42.8 Å². The molecule has 1 aromatic rings. The van der Waals surface area contributed by atoms with Gasteiger partial charge in [-0.05, 0) is 37.1 Å². The first-order valence-electron chi connectivity index (χ1n) is 7.86. The third kappa shape index (κ3) is 3.53. The number of benzene rings is 1. The lowest BCUT2D eigenvalue weighted by Crippen LogP contribution is -2.40. The average molecular weight is 334 g/mol. The number of primary amides is 1. The van der Waals surface area contributed by atoms with Crippen LogP contribution in [0.1, 0.15) is 19.3 Å². The first-order chi connectivity index (χ1) is 11.5. The predicted octanol–water partition coefficient (Wildman–Crippen LogP) is 0.541. The Bertz CT molecular complexity index is 656. The molecule has 1 fully saturated rings. The van der Waals surface area contributed by atoms with Crippen LogP contribution in [0, 0.1) is 5.82 Å². The number of halogens is 1. The zero-order valence-corrected chi connectivity index (χ0v) is 13.1. The Hall–Kier alpha value is -2.48. The summed E-state index contributed by atoms with van der Waals surface area (Å²) in [6, 6.07) is 4.74. The van der Waals surface area contributed by atoms with E-state index in [0.717, 1.165) is 12.8 Å². The molecule has 1 saturated heterocycles. The number of hydrazone groups is 1. The maximum Gasteiger partial charge on any atom is 0.267 e. The van der Waals surface area contributed by atoms with Gasteiger partial charge in [0, 0.05) is 19.6 Å². The van der Waals surface area contributed by atoms with Gasteiger partial charge in [-0.25, -0.2) is 4.39 Å². The summed E-state index contributed by atoms with van der Waals surface area (Å²) in [6.45, 7) is 1.12. The number of ether oxygens (including phenoxy) is 1. The van der Waals surface area contributed by atoms with Crippen LogP contribution in [0.25, 0.3) is 0 Å². The molecule has 0 unspecified atom stereocenters. The Balaban J connectivity index is 1.70. The molecule has 2 aliphatic heterocycles. The molecule has 0 bridgehead atoms. The number of rotatable bonds is 5. The second-order valence-electron chi connectivity index (χ2n) is 5.84. The van der Waals surface area contributed by atoms with E-state index in [9.17, 15) is 14.0 Å². The first-order valence-corrected chi connectivity index (χ1v) is 7.86. The molecule has 8 heteroatoms. The van der Waals surface area contributed by atoms with E-state index in [0.29, 0.717) is 18.8 Å². The second kappa shape index (κ2) is 6.96. The van der Waals surface area contributed by atoms with Crippen LogP contribution >= 0.6 is 0 Å². The minimum Gasteiger partial charge on any atom is -0.376 e. The van der Waals surface area contributed by atoms with Crippen molar-refractivity contribution < 1.29 is 18.7 Å². The highest BCUT2D eigenvalue weighted by Gasteiger charge is 2.35. The highest BCUT2D eigenvalue weighted by Crippen LogP contribution is 2.25. The Morgan fingerprint density at radius 3 is 2.75 bits per heavy atom. The van der Waals surface area contributed by atoms with E-state index in [1.807, 2.05) is 0 Å². The zero-order chi connectivity index (χ0) is 17.1. The van der Waals surface area contributed by atoms with Crippen molar-refractivity contribution in [3.8, 4) is 0 Å². The SMILES string of the molecule is NC(=O)[C@@H]1CC(C(=O)NC[C@H]2CCCO2)=NN1c1ccc(F)cc1. The lowest BCUT2D eigenvalue weighted by molar-refractivity contribution is -0.119. The van der Waals surface area contributed by atoms with Crippen LogP contribution in [0.4, 0.5) is 10.1 Å². The number of carbonyl (C=O) groups excluding carboxylic acids is 2. The second-order valence-corrected chi connectivity index (χ2v) is 5.84. The lowest BCUT2D eigenvalue weighted by Gasteiger charge is -2.20. The van der Waals surface area contributed by atoms with E-state index in [1.165, 1.54) is 29.3 Å². The molecule has 0 saturated carbocycles. The molecule has 2 aliphatic rings. The Morgan fingerprint density at radius 2 is 2.12 bits per heavy atom. The number of anilines is 1. The lowest BCUT2D eigenvalue weighted by atomic mass is 10.1. The molecule has 2 heterocycles. The Morgan fingerprint density at radius 1 is 1.38 bits per heavy atom. The van der Waals surface area contributed by atoms with E-state index in [-0.39, 0.29) is 24.1 Å². The van der Waals surface area contributed by atoms with Gasteiger partial charge in [-0.2, -0.15) is 5.10 Å². The molecule has 0 aromatic heterocycles. The molecule has 3 N–H and O–H groups in total. The summed E-state index contributed by atoms with van der Waals surface area (Å²) in [5.41, 5.74) is 6.14. The number of nitrogens with two attached hydrogens (primary N) is 1. The highest BCUT2D eigenvalue weighted by molar-refractivity contribution is 6.40. The van der Waals surface area contributed by atoms with Crippen LogP contribution in [0.2, 0.25) is 0 Å². The van der Waals surface area contributed by atoms with Gasteiger partial charge in [0.25, 0.3) is 5.91 Å². The monoisotopic (exact) mass is 334 g/mol. The van der Waals surface area contributed by atoms with Crippen molar-refractivity contribution in [1.29, 1.82) is 0 Å². The number of nitrogens with zero attached hydrogens (tertiary/aromatic N) is 2. The summed E-state index contributed by atoms with van der Waals surface area (Å²) in [6.07, 6.45) is 2.04. The minimum absolute atomic E-state index is 0.0242. The molecule has 0 spiro atoms. The molecule has 0 aliphatic carbocycles. The molecular weight excluding hydrogens is 315 g/mol. The summed E-state index contributed by atoms with van der Waals surface area (Å²) >= 11 is 0. The summed E-state index contributed by atoms with van der Waals surface area (Å²) < 4.78 is 18.5. The van der Waals surface area contributed by atoms with Gasteiger partial charge < -0.3 is 15.8 Å². The van der Waals surface area contributed by atoms with Crippen LogP contribution in [0.15, 0.2) is 29.4 Å². The number of amides is 2. The molecular formula is C16H19FN4O3. The molecule has 2 atom stereocenters. The van der Waals surface area contributed by atoms with Gasteiger partial charge in [0.05, 0.1) is 11.8 Å². The van der Waals surface area contributed by atoms with Gasteiger partial charge in [0.15, 0.2) is 0 Å². The summed E-state index contributed by atoms with van der Waals surface area (Å²) in [4.78, 5) is 23.9. The fraction of sp³-hybridized carbons (Fsp3) is 0.438. The van der Waals surface area contributed by atoms with E-state index >= 15 is 0 Å². The van der Waals surface area contributed by atoms with E-state index in [4.69, 9.17) is 10.5 Å². The fourth-order valence-electron chi connectivity index (χ4n) is 2.81. The number of nitrogens with one attached hydrogen (secondary N) is 1. The third-order valence-electron chi connectivity index (χ3n) is 4.11. The van der Waals surface area contributed by atoms with Gasteiger partial charge in [-0.3, -0.25) is 14.6 Å². The molecule has 24 heavy (non-hydrogen) atoms. The van der Waals surface area contributed by atoms with Gasteiger partial charge in [-0.1, -0.05) is 0 Å². The topological polar surface area (TPSA) is 97.0 Å². The number of hydrogen-bond donors (Lipinski definition) is 2. The Labute approximate surface area is 138 Å². The maximum atomic E-state index is 13.1. The highest BCUT2D eigenvalue weighted by atomic mass is 19.1. The van der Waals surface area contributed by atoms with E-state index in [2.05, 4.69) is 10.4 Å². The largest absolute Gasteiger partial charge is 0.376 e. The van der Waals surface area contributed by atoms with Crippen LogP contribution in [0.3, 0.4) is 0 Å². The van der Waals surface area contributed by atoms with E-state index < -0.39 is 17.8 Å². The summed E-state index contributed by atoms with van der Waals surface area (Å²) in [7, 11) is 0. The van der Waals surface area contributed by atoms with Gasteiger partial charge in [0.1, 0.15) is 17.6 Å². The van der Waals surface area contributed by atoms with Crippen molar-refractivity contribution in [1.82, 2.24) is 5.32 Å². The fourth-order valence-corrected chi connectivity index (χ4v) is 2.81. The number of hydrogen-bond acceptors (Lipinski definition) is 5. The normalized spacial score (nSPS) is 23.2. The summed E-state index contributed by atoms with van der Waals surface area (Å²) in [5.74, 6) is -1.33. The molecule has 128 valence electrons. The van der Waals surface area contributed by atoms with Crippen molar-refractivity contribution in [2.24, 2.45) is 10.8 Å². The Kier molecular flexibility index (Phi) is 4.75. The van der Waals surface area contributed by atoms with Crippen molar-refractivity contribution in [2.75, 3.05) is 18.2 Å². The first kappa shape index (κ1) is 16.4.